The van der Waals surface area contributed by atoms with Crippen molar-refractivity contribution in [3.63, 3.8) is 0 Å². The second-order valence-corrected chi connectivity index (χ2v) is 6.51. The van der Waals surface area contributed by atoms with Crippen LogP contribution in [0.15, 0.2) is 12.3 Å². The number of hydrogen-bond donors (Lipinski definition) is 2. The molecule has 2 aliphatic rings. The lowest BCUT2D eigenvalue weighted by Crippen LogP contribution is -2.27. The number of aliphatic hydroxyl groups is 2. The molecular formula is C17H32N2O2. The Bertz CT molecular complexity index is 399. The van der Waals surface area contributed by atoms with Gasteiger partial charge in [0.2, 0.25) is 0 Å². The quantitative estimate of drug-likeness (QED) is 0.900. The summed E-state index contributed by atoms with van der Waals surface area (Å²) < 4.78 is 1.95. The summed E-state index contributed by atoms with van der Waals surface area (Å²) >= 11 is 0. The van der Waals surface area contributed by atoms with Crippen molar-refractivity contribution in [1.82, 2.24) is 9.78 Å². The highest BCUT2D eigenvalue weighted by Crippen LogP contribution is 2.59. The van der Waals surface area contributed by atoms with Crippen LogP contribution in [0.4, 0.5) is 0 Å². The summed E-state index contributed by atoms with van der Waals surface area (Å²) in [5, 5.41) is 22.2. The van der Waals surface area contributed by atoms with Crippen LogP contribution in [-0.4, -0.2) is 33.2 Å². The first-order valence-corrected chi connectivity index (χ1v) is 8.23. The summed E-state index contributed by atoms with van der Waals surface area (Å²) in [5.74, 6) is 1.69. The molecular weight excluding hydrogens is 264 g/mol. The highest BCUT2D eigenvalue weighted by molar-refractivity contribution is 5.02. The summed E-state index contributed by atoms with van der Waals surface area (Å²) in [5.41, 5.74) is 0.997. The molecule has 0 saturated heterocycles. The van der Waals surface area contributed by atoms with E-state index < -0.39 is 0 Å². The van der Waals surface area contributed by atoms with Gasteiger partial charge in [0.1, 0.15) is 0 Å². The second kappa shape index (κ2) is 7.95. The molecule has 0 bridgehead atoms. The molecule has 2 atom stereocenters. The van der Waals surface area contributed by atoms with E-state index >= 15 is 0 Å². The van der Waals surface area contributed by atoms with E-state index in [2.05, 4.69) is 18.9 Å². The smallest absolute Gasteiger partial charge is 0.0593 e. The first-order valence-electron chi connectivity index (χ1n) is 8.23. The van der Waals surface area contributed by atoms with Gasteiger partial charge < -0.3 is 10.2 Å². The lowest BCUT2D eigenvalue weighted by Gasteiger charge is -2.25. The molecule has 4 nitrogen and oxygen atoms in total. The van der Waals surface area contributed by atoms with E-state index in [9.17, 15) is 0 Å². The SMILES string of the molecule is CC.Cc1ccn(C(C)C)n1.OCC1(CO)CC2CC2C1. The van der Waals surface area contributed by atoms with E-state index in [1.807, 2.05) is 37.7 Å². The maximum absolute atomic E-state index is 8.99. The highest BCUT2D eigenvalue weighted by Gasteiger charge is 2.53. The van der Waals surface area contributed by atoms with Crippen LogP contribution in [0.1, 0.15) is 58.7 Å². The standard InChI is InChI=1S/C8H14O2.C7H12N2.C2H6/c9-4-8(5-10)2-6-1-7(6)3-8;1-6(2)9-5-4-7(3)8-9;1-2/h6-7,9-10H,1-5H2;4-6H,1-3H3;1-2H3. The predicted molar refractivity (Wildman–Crippen MR) is 86.1 cm³/mol. The van der Waals surface area contributed by atoms with Gasteiger partial charge in [-0.2, -0.15) is 5.10 Å². The van der Waals surface area contributed by atoms with Gasteiger partial charge in [0.05, 0.1) is 18.9 Å². The van der Waals surface area contributed by atoms with Crippen LogP contribution >= 0.6 is 0 Å². The van der Waals surface area contributed by atoms with Gasteiger partial charge in [-0.15, -0.1) is 0 Å². The fourth-order valence-corrected chi connectivity index (χ4v) is 3.03. The Morgan fingerprint density at radius 3 is 2.00 bits per heavy atom. The maximum atomic E-state index is 8.99. The Balaban J connectivity index is 0.000000189. The number of aliphatic hydroxyl groups excluding tert-OH is 2. The minimum Gasteiger partial charge on any atom is -0.396 e. The maximum Gasteiger partial charge on any atom is 0.0593 e. The molecule has 2 fully saturated rings. The number of aryl methyl sites for hydroxylation is 1. The van der Waals surface area contributed by atoms with Crippen molar-refractivity contribution in [2.24, 2.45) is 17.3 Å². The Morgan fingerprint density at radius 2 is 1.76 bits per heavy atom. The van der Waals surface area contributed by atoms with E-state index in [4.69, 9.17) is 10.2 Å². The van der Waals surface area contributed by atoms with Crippen molar-refractivity contribution in [2.75, 3.05) is 13.2 Å². The van der Waals surface area contributed by atoms with Crippen molar-refractivity contribution < 1.29 is 10.2 Å². The molecule has 21 heavy (non-hydrogen) atoms. The van der Waals surface area contributed by atoms with Crippen molar-refractivity contribution >= 4 is 0 Å². The largest absolute Gasteiger partial charge is 0.396 e. The van der Waals surface area contributed by atoms with Crippen LogP contribution in [0.3, 0.4) is 0 Å². The minimum atomic E-state index is -0.0897. The van der Waals surface area contributed by atoms with E-state index in [1.165, 1.54) is 6.42 Å². The first kappa shape index (κ1) is 18.2. The van der Waals surface area contributed by atoms with Gasteiger partial charge in [0.25, 0.3) is 0 Å². The summed E-state index contributed by atoms with van der Waals surface area (Å²) in [7, 11) is 0. The third-order valence-corrected chi connectivity index (χ3v) is 4.40. The van der Waals surface area contributed by atoms with E-state index in [0.29, 0.717) is 6.04 Å². The third-order valence-electron chi connectivity index (χ3n) is 4.40. The first-order chi connectivity index (χ1) is 9.99. The average molecular weight is 296 g/mol. The molecule has 2 unspecified atom stereocenters. The minimum absolute atomic E-state index is 0.0897. The summed E-state index contributed by atoms with van der Waals surface area (Å²) in [6.07, 6.45) is 5.47. The molecule has 0 spiro atoms. The van der Waals surface area contributed by atoms with E-state index in [-0.39, 0.29) is 18.6 Å². The molecule has 0 radical (unpaired) electrons. The number of nitrogens with zero attached hydrogens (tertiary/aromatic N) is 2. The van der Waals surface area contributed by atoms with Crippen molar-refractivity contribution in [3.05, 3.63) is 18.0 Å². The fourth-order valence-electron chi connectivity index (χ4n) is 3.03. The second-order valence-electron chi connectivity index (χ2n) is 6.51. The van der Waals surface area contributed by atoms with Gasteiger partial charge in [-0.25, -0.2) is 0 Å². The van der Waals surface area contributed by atoms with Crippen LogP contribution in [0.25, 0.3) is 0 Å². The molecule has 3 rings (SSSR count). The number of aromatic nitrogens is 2. The Hall–Kier alpha value is -0.870. The predicted octanol–water partition coefficient (Wildman–Crippen LogP) is 3.19. The normalized spacial score (nSPS) is 24.6. The monoisotopic (exact) mass is 296 g/mol. The molecule has 0 aromatic carbocycles. The molecule has 0 amide bonds. The Kier molecular flexibility index (Phi) is 6.88. The van der Waals surface area contributed by atoms with E-state index in [1.54, 1.807) is 0 Å². The van der Waals surface area contributed by atoms with Crippen LogP contribution in [-0.2, 0) is 0 Å². The van der Waals surface area contributed by atoms with Crippen molar-refractivity contribution in [2.45, 2.75) is 59.9 Å². The topological polar surface area (TPSA) is 58.3 Å². The van der Waals surface area contributed by atoms with Gasteiger partial charge in [0, 0.05) is 17.7 Å². The summed E-state index contributed by atoms with van der Waals surface area (Å²) in [6.45, 7) is 10.6. The molecule has 4 heteroatoms. The molecule has 122 valence electrons. The van der Waals surface area contributed by atoms with Gasteiger partial charge >= 0.3 is 0 Å². The third kappa shape index (κ3) is 4.82. The molecule has 1 aromatic heterocycles. The molecule has 2 saturated carbocycles. The molecule has 2 aliphatic carbocycles. The highest BCUT2D eigenvalue weighted by atomic mass is 16.3. The zero-order chi connectivity index (χ0) is 16.0. The molecule has 1 aromatic rings. The average Bonchev–Trinajstić information content (AvgIpc) is 2.92. The summed E-state index contributed by atoms with van der Waals surface area (Å²) in [4.78, 5) is 0. The Labute approximate surface area is 129 Å². The lowest BCUT2D eigenvalue weighted by molar-refractivity contribution is 0.0500. The molecule has 0 aliphatic heterocycles. The number of fused-ring (bicyclic) bond motifs is 1. The summed E-state index contributed by atoms with van der Waals surface area (Å²) in [6, 6.07) is 2.50. The van der Waals surface area contributed by atoms with Crippen molar-refractivity contribution in [1.29, 1.82) is 0 Å². The zero-order valence-corrected chi connectivity index (χ0v) is 14.2. The van der Waals surface area contributed by atoms with Gasteiger partial charge in [-0.3, -0.25) is 4.68 Å². The van der Waals surface area contributed by atoms with E-state index in [0.717, 1.165) is 30.4 Å². The number of rotatable bonds is 3. The van der Waals surface area contributed by atoms with Gasteiger partial charge in [-0.05, 0) is 57.9 Å². The van der Waals surface area contributed by atoms with Crippen LogP contribution in [0.2, 0.25) is 0 Å². The molecule has 2 N–H and O–H groups in total. The lowest BCUT2D eigenvalue weighted by atomic mass is 9.85. The Morgan fingerprint density at radius 1 is 1.24 bits per heavy atom. The van der Waals surface area contributed by atoms with Crippen molar-refractivity contribution in [3.8, 4) is 0 Å². The van der Waals surface area contributed by atoms with Crippen LogP contribution < -0.4 is 0 Å². The zero-order valence-electron chi connectivity index (χ0n) is 14.2. The number of hydrogen-bond acceptors (Lipinski definition) is 3. The van der Waals surface area contributed by atoms with Crippen LogP contribution in [0.5, 0.6) is 0 Å². The van der Waals surface area contributed by atoms with Crippen LogP contribution in [0, 0.1) is 24.2 Å². The molecule has 1 heterocycles. The van der Waals surface area contributed by atoms with Gasteiger partial charge in [-0.1, -0.05) is 13.8 Å². The van der Waals surface area contributed by atoms with Gasteiger partial charge in [0.15, 0.2) is 0 Å². The fraction of sp³-hybridized carbons (Fsp3) is 0.824.